The number of nitrogens with one attached hydrogen (secondary N) is 1. The van der Waals surface area contributed by atoms with Gasteiger partial charge >= 0.3 is 0 Å². The number of amides is 1. The number of carbonyl (C=O) groups is 1. The summed E-state index contributed by atoms with van der Waals surface area (Å²) in [5, 5.41) is 40.9. The van der Waals surface area contributed by atoms with Crippen molar-refractivity contribution in [1.82, 2.24) is 0 Å². The molecule has 0 bridgehead atoms. The largest absolute Gasteiger partial charge is 0.394 e. The molecular formula is C18H21N2O6+. The summed E-state index contributed by atoms with van der Waals surface area (Å²) in [6, 6.07) is 10.0. The van der Waals surface area contributed by atoms with Crippen molar-refractivity contribution in [2.75, 3.05) is 11.9 Å². The number of carbonyl (C=O) groups excluding carboxylic acids is 1. The molecule has 1 amide bonds. The Kier molecular flexibility index (Phi) is 5.60. The Bertz CT molecular complexity index is 767. The topological polar surface area (TPSA) is 123 Å². The van der Waals surface area contributed by atoms with Crippen molar-refractivity contribution < 1.29 is 34.5 Å². The maximum atomic E-state index is 12.4. The second-order valence-corrected chi connectivity index (χ2v) is 6.08. The van der Waals surface area contributed by atoms with Crippen LogP contribution in [0.2, 0.25) is 0 Å². The highest BCUT2D eigenvalue weighted by Gasteiger charge is 2.47. The van der Waals surface area contributed by atoms with Gasteiger partial charge in [0.2, 0.25) is 0 Å². The molecule has 8 heteroatoms. The van der Waals surface area contributed by atoms with Gasteiger partial charge in [0.05, 0.1) is 13.2 Å². The molecule has 2 aromatic rings. The van der Waals surface area contributed by atoms with E-state index >= 15 is 0 Å². The Balaban J connectivity index is 1.75. The molecule has 138 valence electrons. The van der Waals surface area contributed by atoms with Crippen LogP contribution in [-0.4, -0.2) is 51.3 Å². The Labute approximate surface area is 149 Å². The van der Waals surface area contributed by atoms with E-state index in [0.717, 1.165) is 5.56 Å². The minimum atomic E-state index is -1.22. The van der Waals surface area contributed by atoms with Gasteiger partial charge in [-0.25, -0.2) is 0 Å². The van der Waals surface area contributed by atoms with E-state index in [1.54, 1.807) is 42.6 Å². The zero-order chi connectivity index (χ0) is 18.7. The third-order valence-corrected chi connectivity index (χ3v) is 4.29. The van der Waals surface area contributed by atoms with Crippen molar-refractivity contribution in [3.8, 4) is 0 Å². The average molecular weight is 361 g/mol. The third kappa shape index (κ3) is 3.74. The normalized spacial score (nSPS) is 25.2. The first kappa shape index (κ1) is 18.4. The monoisotopic (exact) mass is 361 g/mol. The molecule has 5 N–H and O–H groups in total. The quantitative estimate of drug-likeness (QED) is 0.450. The first-order chi connectivity index (χ1) is 12.5. The van der Waals surface area contributed by atoms with E-state index in [2.05, 4.69) is 5.32 Å². The minimum absolute atomic E-state index is 0.0721. The number of aliphatic hydroxyl groups is 4. The number of nitrogens with zero attached hydrogens (tertiary/aromatic N) is 1. The van der Waals surface area contributed by atoms with Crippen LogP contribution in [0.15, 0.2) is 48.8 Å². The standard InChI is InChI=1S/C18H20N2O6/c21-9-11-3-5-13(6-4-11)19-17(25)12-2-1-7-20(8-12)18-16(24)15(23)14(10-22)26-18/h1-8,14-16,18,21-24H,9-10H2/p+1/t14-,15-,16-,18-/m1/s1. The Hall–Kier alpha value is -2.36. The summed E-state index contributed by atoms with van der Waals surface area (Å²) in [5.41, 5.74) is 1.65. The molecule has 0 radical (unpaired) electrons. The van der Waals surface area contributed by atoms with E-state index in [4.69, 9.17) is 9.84 Å². The molecule has 1 aliphatic rings. The Morgan fingerprint density at radius 1 is 1.12 bits per heavy atom. The highest BCUT2D eigenvalue weighted by Crippen LogP contribution is 2.25. The summed E-state index contributed by atoms with van der Waals surface area (Å²) in [6.07, 6.45) is -1.12. The molecule has 3 rings (SSSR count). The lowest BCUT2D eigenvalue weighted by Gasteiger charge is -2.11. The van der Waals surface area contributed by atoms with Crippen LogP contribution in [0.1, 0.15) is 22.1 Å². The Morgan fingerprint density at radius 3 is 2.46 bits per heavy atom. The van der Waals surface area contributed by atoms with Gasteiger partial charge in [-0.15, -0.1) is 0 Å². The predicted octanol–water partition coefficient (Wildman–Crippen LogP) is -0.670. The SMILES string of the molecule is O=C(Nc1ccc(CO)cc1)c1ccc[n+]([C@@H]2O[C@H](CO)[C@@H](O)[C@H]2O)c1. The van der Waals surface area contributed by atoms with Gasteiger partial charge in [0.1, 0.15) is 17.8 Å². The second kappa shape index (κ2) is 7.90. The highest BCUT2D eigenvalue weighted by molar-refractivity contribution is 6.03. The number of ether oxygens (including phenoxy) is 1. The molecule has 26 heavy (non-hydrogen) atoms. The molecule has 0 spiro atoms. The van der Waals surface area contributed by atoms with Gasteiger partial charge in [-0.3, -0.25) is 4.79 Å². The number of rotatable bonds is 5. The molecule has 1 saturated heterocycles. The van der Waals surface area contributed by atoms with Crippen molar-refractivity contribution in [2.24, 2.45) is 0 Å². The molecule has 0 aliphatic carbocycles. The van der Waals surface area contributed by atoms with Gasteiger partial charge < -0.3 is 30.5 Å². The molecule has 1 fully saturated rings. The van der Waals surface area contributed by atoms with Crippen molar-refractivity contribution in [3.05, 3.63) is 59.9 Å². The van der Waals surface area contributed by atoms with Gasteiger partial charge in [-0.1, -0.05) is 12.1 Å². The summed E-state index contributed by atoms with van der Waals surface area (Å²) in [5.74, 6) is -0.358. The molecule has 8 nitrogen and oxygen atoms in total. The molecule has 1 aliphatic heterocycles. The summed E-state index contributed by atoms with van der Waals surface area (Å²) < 4.78 is 6.94. The number of aliphatic hydroxyl groups excluding tert-OH is 4. The maximum absolute atomic E-state index is 12.4. The summed E-state index contributed by atoms with van der Waals surface area (Å²) in [4.78, 5) is 12.4. The number of benzene rings is 1. The first-order valence-corrected chi connectivity index (χ1v) is 8.18. The lowest BCUT2D eigenvalue weighted by molar-refractivity contribution is -0.765. The van der Waals surface area contributed by atoms with Gasteiger partial charge in [-0.05, 0) is 23.8 Å². The van der Waals surface area contributed by atoms with E-state index in [9.17, 15) is 20.1 Å². The molecule has 4 atom stereocenters. The van der Waals surface area contributed by atoms with Gasteiger partial charge in [0, 0.05) is 11.8 Å². The summed E-state index contributed by atoms with van der Waals surface area (Å²) in [6.45, 7) is -0.489. The zero-order valence-corrected chi connectivity index (χ0v) is 13.9. The van der Waals surface area contributed by atoms with Crippen LogP contribution < -0.4 is 9.88 Å². The summed E-state index contributed by atoms with van der Waals surface area (Å²) >= 11 is 0. The van der Waals surface area contributed by atoms with Crippen LogP contribution in [0, 0.1) is 0 Å². The smallest absolute Gasteiger partial charge is 0.292 e. The molecule has 1 aromatic carbocycles. The fourth-order valence-corrected chi connectivity index (χ4v) is 2.81. The fourth-order valence-electron chi connectivity index (χ4n) is 2.81. The van der Waals surface area contributed by atoms with E-state index in [1.807, 2.05) is 0 Å². The van der Waals surface area contributed by atoms with Crippen LogP contribution >= 0.6 is 0 Å². The molecule has 0 unspecified atom stereocenters. The van der Waals surface area contributed by atoms with Crippen molar-refractivity contribution >= 4 is 11.6 Å². The van der Waals surface area contributed by atoms with E-state index in [0.29, 0.717) is 11.3 Å². The molecule has 0 saturated carbocycles. The van der Waals surface area contributed by atoms with Crippen molar-refractivity contribution in [3.63, 3.8) is 0 Å². The van der Waals surface area contributed by atoms with Crippen LogP contribution in [0.5, 0.6) is 0 Å². The first-order valence-electron chi connectivity index (χ1n) is 8.18. The number of pyridine rings is 1. The van der Waals surface area contributed by atoms with E-state index < -0.39 is 31.1 Å². The van der Waals surface area contributed by atoms with Crippen molar-refractivity contribution in [2.45, 2.75) is 31.1 Å². The van der Waals surface area contributed by atoms with Crippen LogP contribution in [0.25, 0.3) is 0 Å². The minimum Gasteiger partial charge on any atom is -0.394 e. The van der Waals surface area contributed by atoms with Gasteiger partial charge in [0.15, 0.2) is 18.5 Å². The fraction of sp³-hybridized carbons (Fsp3) is 0.333. The molecule has 1 aromatic heterocycles. The molecular weight excluding hydrogens is 340 g/mol. The van der Waals surface area contributed by atoms with Crippen molar-refractivity contribution in [1.29, 1.82) is 0 Å². The highest BCUT2D eigenvalue weighted by atomic mass is 16.6. The second-order valence-electron chi connectivity index (χ2n) is 6.08. The Morgan fingerprint density at radius 2 is 1.85 bits per heavy atom. The lowest BCUT2D eigenvalue weighted by Crippen LogP contribution is -2.46. The number of anilines is 1. The average Bonchev–Trinajstić information content (AvgIpc) is 2.97. The number of hydrogen-bond acceptors (Lipinski definition) is 6. The maximum Gasteiger partial charge on any atom is 0.292 e. The van der Waals surface area contributed by atoms with Crippen LogP contribution in [0.4, 0.5) is 5.69 Å². The number of hydrogen-bond donors (Lipinski definition) is 5. The zero-order valence-electron chi connectivity index (χ0n) is 13.9. The van der Waals surface area contributed by atoms with Crippen LogP contribution in [0.3, 0.4) is 0 Å². The summed E-state index contributed by atoms with van der Waals surface area (Å²) in [7, 11) is 0. The van der Waals surface area contributed by atoms with Gasteiger partial charge in [0.25, 0.3) is 12.1 Å². The molecule has 2 heterocycles. The van der Waals surface area contributed by atoms with E-state index in [-0.39, 0.29) is 12.5 Å². The lowest BCUT2D eigenvalue weighted by atomic mass is 10.1. The van der Waals surface area contributed by atoms with Crippen LogP contribution in [-0.2, 0) is 11.3 Å². The third-order valence-electron chi connectivity index (χ3n) is 4.29. The number of aromatic nitrogens is 1. The van der Waals surface area contributed by atoms with Gasteiger partial charge in [-0.2, -0.15) is 4.57 Å². The predicted molar refractivity (Wildman–Crippen MR) is 90.0 cm³/mol. The van der Waals surface area contributed by atoms with E-state index in [1.165, 1.54) is 10.8 Å².